The predicted octanol–water partition coefficient (Wildman–Crippen LogP) is 36.4. The first kappa shape index (κ1) is 81.1. The summed E-state index contributed by atoms with van der Waals surface area (Å²) in [5.74, 6) is 0. The van der Waals surface area contributed by atoms with E-state index in [1.807, 2.05) is 0 Å². The first-order valence-corrected chi connectivity index (χ1v) is 46.6. The minimum Gasteiger partial charge on any atom is -0.310 e. The lowest BCUT2D eigenvalue weighted by Gasteiger charge is -2.28. The van der Waals surface area contributed by atoms with Crippen molar-refractivity contribution in [2.75, 3.05) is 9.80 Å². The van der Waals surface area contributed by atoms with E-state index < -0.39 is 0 Å². The fourth-order valence-corrected chi connectivity index (χ4v) is 20.6. The van der Waals surface area contributed by atoms with Gasteiger partial charge in [-0.05, 0) is 311 Å². The Morgan fingerprint density at radius 2 is 0.356 bits per heavy atom. The van der Waals surface area contributed by atoms with Gasteiger partial charge in [0.2, 0.25) is 0 Å². The summed E-state index contributed by atoms with van der Waals surface area (Å²) in [7, 11) is 0. The van der Waals surface area contributed by atoms with Crippen molar-refractivity contribution >= 4 is 153 Å². The molecule has 0 N–H and O–H groups in total. The van der Waals surface area contributed by atoms with Gasteiger partial charge >= 0.3 is 0 Å². The van der Waals surface area contributed by atoms with E-state index >= 15 is 0 Å². The van der Waals surface area contributed by atoms with Gasteiger partial charge < -0.3 is 18.6 Å². The largest absolute Gasteiger partial charge is 0.310 e. The van der Waals surface area contributed by atoms with Crippen molar-refractivity contribution in [2.24, 2.45) is 0 Å². The summed E-state index contributed by atoms with van der Waals surface area (Å²) in [6.45, 7) is 27.4. The quantitative estimate of drug-likeness (QED) is 0.121. The zero-order valence-electron chi connectivity index (χ0n) is 77.0. The van der Waals surface area contributed by atoms with Crippen molar-refractivity contribution in [2.45, 2.75) is 105 Å². The van der Waals surface area contributed by atoms with E-state index in [1.54, 1.807) is 0 Å². The van der Waals surface area contributed by atoms with Gasteiger partial charge in [-0.15, -0.1) is 0 Å². The van der Waals surface area contributed by atoms with Crippen molar-refractivity contribution < 1.29 is 0 Å². The van der Waals surface area contributed by atoms with Gasteiger partial charge in [0.25, 0.3) is 0 Å². The summed E-state index contributed by atoms with van der Waals surface area (Å²) in [6.07, 6.45) is 0. The zero-order valence-corrected chi connectivity index (χ0v) is 77.0. The highest BCUT2D eigenvalue weighted by atomic mass is 15.1. The molecule has 636 valence electrons. The Balaban J connectivity index is 0.000000155. The third kappa shape index (κ3) is 14.4. The Morgan fingerprint density at radius 1 is 0.152 bits per heavy atom. The van der Waals surface area contributed by atoms with Crippen LogP contribution in [-0.4, -0.2) is 8.80 Å². The summed E-state index contributed by atoms with van der Waals surface area (Å²) >= 11 is 0. The van der Waals surface area contributed by atoms with Crippen LogP contribution >= 0.6 is 0 Å². The standard InChI is InChI=1S/C72H69N3.C56H35N/c1-69(2,3)52-20-30-56(31-21-52)73(57-32-22-53(23-33-57)70(4,5)6)60-28-18-47-40-62-64-42-51(46-16-14-13-15-17-46)43-65-63-41-48-19-29-61(39-50(48)45-67(63)75(68(64)65)66(62)44-49(47)38-60)74(58-34-24-54(25-35-58)71(7,8)9)59-36-26-55(27-37-59)72(10,11)12;1-4-10-36(11-5-1)39-16-20-41(21-17-39)43-24-26-45-30-50-52-32-49(38-14-8-3-9-15-38)33-53-51-31-46-27-25-44(42-22-18-40(19-23-42)37-12-6-2-7-13-37)29-48(46)35-55(51)57(56(52)53)54(50)34-47(45)28-43/h13-45H,1-12H3;1-35H. The van der Waals surface area contributed by atoms with E-state index in [0.29, 0.717) is 0 Å². The molecule has 0 unspecified atom stereocenters. The Kier molecular flexibility index (Phi) is 19.2. The summed E-state index contributed by atoms with van der Waals surface area (Å²) in [5, 5.41) is 20.1. The SMILES string of the molecule is CC(C)(C)c1ccc(N(c2ccc(C(C)(C)C)cc2)c2ccc3cc4c5cc(-c6ccccc6)cc6c7cc8ccc(N(c9ccc(C(C)(C)C)cc9)c9ccc(C(C)(C)C)cc9)cc8cc7n(c4cc3c2)c56)cc1.c1ccc(-c2ccc(-c3ccc4cc5c6cc(-c7ccccc7)cc7c8cc9ccc(-c%10ccc(-c%11ccccc%11)cc%10)cc9cc8n(c5cc4c3)c67)cc2)cc1. The van der Waals surface area contributed by atoms with Gasteiger partial charge in [0.05, 0.1) is 33.1 Å². The second-order valence-electron chi connectivity index (χ2n) is 40.7. The first-order valence-electron chi connectivity index (χ1n) is 46.6. The Bertz CT molecular complexity index is 7990. The van der Waals surface area contributed by atoms with Crippen LogP contribution in [0, 0.1) is 0 Å². The number of nitrogens with zero attached hydrogens (tertiary/aromatic N) is 4. The van der Waals surface area contributed by atoms with Gasteiger partial charge in [-0.1, -0.05) is 338 Å². The normalized spacial score (nSPS) is 12.4. The van der Waals surface area contributed by atoms with Crippen molar-refractivity contribution in [3.05, 3.63) is 435 Å². The summed E-state index contributed by atoms with van der Waals surface area (Å²) < 4.78 is 5.09. The maximum atomic E-state index is 2.56. The van der Waals surface area contributed by atoms with Crippen LogP contribution in [0.2, 0.25) is 0 Å². The van der Waals surface area contributed by atoms with Crippen molar-refractivity contribution in [3.63, 3.8) is 0 Å². The molecule has 4 nitrogen and oxygen atoms in total. The molecular weight excluding hydrogens is 1590 g/mol. The second kappa shape index (κ2) is 31.2. The van der Waals surface area contributed by atoms with Crippen LogP contribution in [0.4, 0.5) is 34.1 Å². The first-order chi connectivity index (χ1) is 63.9. The molecule has 4 heteroatoms. The fourth-order valence-electron chi connectivity index (χ4n) is 20.6. The maximum absolute atomic E-state index is 2.56. The Morgan fingerprint density at radius 3 is 0.606 bits per heavy atom. The predicted molar refractivity (Wildman–Crippen MR) is 569 cm³/mol. The van der Waals surface area contributed by atoms with Crippen molar-refractivity contribution in [1.29, 1.82) is 0 Å². The molecule has 0 fully saturated rings. The molecule has 0 spiro atoms. The monoisotopic (exact) mass is 1700 g/mol. The minimum absolute atomic E-state index is 0.0568. The average molecular weight is 1700 g/mol. The maximum Gasteiger partial charge on any atom is 0.0620 e. The van der Waals surface area contributed by atoms with Crippen LogP contribution in [0.3, 0.4) is 0 Å². The molecule has 0 aliphatic heterocycles. The number of anilines is 6. The van der Waals surface area contributed by atoms with E-state index in [1.165, 1.54) is 208 Å². The van der Waals surface area contributed by atoms with Gasteiger partial charge in [0.15, 0.2) is 0 Å². The highest BCUT2D eigenvalue weighted by molar-refractivity contribution is 6.29. The van der Waals surface area contributed by atoms with E-state index in [2.05, 4.69) is 514 Å². The van der Waals surface area contributed by atoms with E-state index in [0.717, 1.165) is 34.1 Å². The molecule has 0 bridgehead atoms. The summed E-state index contributed by atoms with van der Waals surface area (Å²) in [4.78, 5) is 4.83. The van der Waals surface area contributed by atoms with Crippen molar-refractivity contribution in [1.82, 2.24) is 8.80 Å². The molecule has 24 rings (SSSR count). The Hall–Kier alpha value is -15.4. The van der Waals surface area contributed by atoms with Gasteiger partial charge in [0, 0.05) is 77.2 Å². The highest BCUT2D eigenvalue weighted by Crippen LogP contribution is 2.50. The van der Waals surface area contributed by atoms with Gasteiger partial charge in [-0.2, -0.15) is 0 Å². The lowest BCUT2D eigenvalue weighted by Crippen LogP contribution is -2.14. The molecule has 132 heavy (non-hydrogen) atoms. The average Bonchev–Trinajstić information content (AvgIpc) is 1.53. The van der Waals surface area contributed by atoms with Crippen LogP contribution in [0.25, 0.3) is 186 Å². The number of benzene rings is 20. The number of hydrogen-bond acceptors (Lipinski definition) is 2. The molecule has 0 atom stereocenters. The van der Waals surface area contributed by atoms with Crippen LogP contribution in [0.1, 0.15) is 105 Å². The molecule has 0 aliphatic rings. The fraction of sp³-hybridized carbons (Fsp3) is 0.125. The molecule has 0 saturated carbocycles. The zero-order chi connectivity index (χ0) is 89.8. The topological polar surface area (TPSA) is 15.3 Å². The number of aromatic nitrogens is 2. The van der Waals surface area contributed by atoms with Gasteiger partial charge in [-0.3, -0.25) is 0 Å². The summed E-state index contributed by atoms with van der Waals surface area (Å²) in [5.41, 5.74) is 34.5. The van der Waals surface area contributed by atoms with Crippen molar-refractivity contribution in [3.8, 4) is 66.8 Å². The number of hydrogen-bond donors (Lipinski definition) is 0. The molecule has 0 amide bonds. The Labute approximate surface area is 772 Å². The molecule has 0 aliphatic carbocycles. The number of rotatable bonds is 12. The van der Waals surface area contributed by atoms with Gasteiger partial charge in [-0.25, -0.2) is 0 Å². The van der Waals surface area contributed by atoms with Gasteiger partial charge in [0.1, 0.15) is 0 Å². The van der Waals surface area contributed by atoms with Crippen LogP contribution in [-0.2, 0) is 21.7 Å². The minimum atomic E-state index is 0.0568. The summed E-state index contributed by atoms with van der Waals surface area (Å²) in [6, 6.07) is 154. The van der Waals surface area contributed by atoms with Crippen LogP contribution in [0.15, 0.2) is 413 Å². The molecule has 24 aromatic rings. The van der Waals surface area contributed by atoms with E-state index in [-0.39, 0.29) is 21.7 Å². The molecular formula is C128H104N4. The van der Waals surface area contributed by atoms with Crippen LogP contribution < -0.4 is 9.80 Å². The second-order valence-corrected chi connectivity index (χ2v) is 40.7. The molecule has 4 aromatic heterocycles. The lowest BCUT2D eigenvalue weighted by molar-refractivity contribution is 0.590. The number of fused-ring (bicyclic) bond motifs is 16. The molecule has 0 radical (unpaired) electrons. The molecule has 0 saturated heterocycles. The molecule has 4 heterocycles. The smallest absolute Gasteiger partial charge is 0.0620 e. The third-order valence-corrected chi connectivity index (χ3v) is 27.9. The highest BCUT2D eigenvalue weighted by Gasteiger charge is 2.28. The van der Waals surface area contributed by atoms with E-state index in [4.69, 9.17) is 0 Å². The molecule has 20 aromatic carbocycles. The third-order valence-electron chi connectivity index (χ3n) is 27.9. The van der Waals surface area contributed by atoms with E-state index in [9.17, 15) is 0 Å². The van der Waals surface area contributed by atoms with Crippen LogP contribution in [0.5, 0.6) is 0 Å². The lowest BCUT2D eigenvalue weighted by atomic mass is 9.86.